The predicted octanol–water partition coefficient (Wildman–Crippen LogP) is 2.54. The van der Waals surface area contributed by atoms with Crippen LogP contribution in [0, 0.1) is 11.8 Å². The van der Waals surface area contributed by atoms with Gasteiger partial charge in [0, 0.05) is 0 Å². The lowest BCUT2D eigenvalue weighted by Gasteiger charge is -2.25. The summed E-state index contributed by atoms with van der Waals surface area (Å²) in [6.07, 6.45) is 3.58. The summed E-state index contributed by atoms with van der Waals surface area (Å²) in [4.78, 5) is 0. The second-order valence-corrected chi connectivity index (χ2v) is 5.33. The van der Waals surface area contributed by atoms with Gasteiger partial charge in [0.05, 0.1) is 6.10 Å². The number of aliphatic hydroxyl groups excluding tert-OH is 1. The Morgan fingerprint density at radius 1 is 1.33 bits per heavy atom. The average Bonchev–Trinajstić information content (AvgIpc) is 2.06. The molecule has 0 amide bonds. The second-order valence-electron chi connectivity index (χ2n) is 4.10. The summed E-state index contributed by atoms with van der Waals surface area (Å²) >= 11 is 2.05. The van der Waals surface area contributed by atoms with Crippen molar-refractivity contribution in [1.82, 2.24) is 0 Å². The van der Waals surface area contributed by atoms with Crippen molar-refractivity contribution >= 4 is 11.8 Å². The van der Waals surface area contributed by atoms with Crippen molar-refractivity contribution in [2.24, 2.45) is 11.8 Å². The van der Waals surface area contributed by atoms with Crippen molar-refractivity contribution < 1.29 is 5.11 Å². The van der Waals surface area contributed by atoms with E-state index in [4.69, 9.17) is 0 Å². The fourth-order valence-corrected chi connectivity index (χ4v) is 2.80. The number of hydrogen-bond acceptors (Lipinski definition) is 2. The zero-order chi connectivity index (χ0) is 8.97. The van der Waals surface area contributed by atoms with Crippen LogP contribution in [0.1, 0.15) is 33.1 Å². The molecule has 0 aromatic carbocycles. The maximum Gasteiger partial charge on any atom is 0.0565 e. The fraction of sp³-hybridized carbons (Fsp3) is 1.00. The van der Waals surface area contributed by atoms with Crippen LogP contribution in [0.4, 0.5) is 0 Å². The lowest BCUT2D eigenvalue weighted by Crippen LogP contribution is -2.21. The van der Waals surface area contributed by atoms with E-state index in [0.717, 1.165) is 12.3 Å². The number of hydrogen-bond donors (Lipinski definition) is 1. The summed E-state index contributed by atoms with van der Waals surface area (Å²) in [6, 6.07) is 0. The summed E-state index contributed by atoms with van der Waals surface area (Å²) in [5.74, 6) is 3.83. The summed E-state index contributed by atoms with van der Waals surface area (Å²) < 4.78 is 0. The maximum absolute atomic E-state index is 9.67. The van der Waals surface area contributed by atoms with Crippen LogP contribution in [0.25, 0.3) is 0 Å². The van der Waals surface area contributed by atoms with Crippen LogP contribution in [0.5, 0.6) is 0 Å². The van der Waals surface area contributed by atoms with Crippen molar-refractivity contribution in [3.63, 3.8) is 0 Å². The number of rotatable bonds is 3. The molecule has 1 fully saturated rings. The molecule has 0 aromatic heterocycles. The molecular weight excluding hydrogens is 168 g/mol. The van der Waals surface area contributed by atoms with Crippen LogP contribution in [-0.4, -0.2) is 22.7 Å². The maximum atomic E-state index is 9.67. The molecule has 0 aliphatic carbocycles. The van der Waals surface area contributed by atoms with E-state index in [9.17, 15) is 5.11 Å². The Morgan fingerprint density at radius 2 is 1.92 bits per heavy atom. The van der Waals surface area contributed by atoms with Crippen LogP contribution in [0.2, 0.25) is 0 Å². The highest BCUT2D eigenvalue weighted by Crippen LogP contribution is 2.27. The van der Waals surface area contributed by atoms with Crippen LogP contribution in [0.3, 0.4) is 0 Å². The Labute approximate surface area is 79.9 Å². The predicted molar refractivity (Wildman–Crippen MR) is 55.5 cm³/mol. The molecule has 1 N–H and O–H groups in total. The minimum absolute atomic E-state index is 0.0712. The topological polar surface area (TPSA) is 20.2 Å². The quantitative estimate of drug-likeness (QED) is 0.734. The molecule has 1 aliphatic heterocycles. The first-order chi connectivity index (χ1) is 5.70. The van der Waals surface area contributed by atoms with Crippen molar-refractivity contribution in [2.45, 2.75) is 39.2 Å². The Morgan fingerprint density at radius 3 is 2.42 bits per heavy atom. The highest BCUT2D eigenvalue weighted by Gasteiger charge is 2.19. The fourth-order valence-electron chi connectivity index (χ4n) is 1.60. The summed E-state index contributed by atoms with van der Waals surface area (Å²) in [5.41, 5.74) is 0. The third kappa shape index (κ3) is 3.36. The first kappa shape index (κ1) is 10.4. The van der Waals surface area contributed by atoms with E-state index in [1.807, 2.05) is 0 Å². The van der Waals surface area contributed by atoms with Gasteiger partial charge in [0.15, 0.2) is 0 Å². The van der Waals surface area contributed by atoms with Crippen LogP contribution in [-0.2, 0) is 0 Å². The molecule has 0 saturated carbocycles. The van der Waals surface area contributed by atoms with Gasteiger partial charge < -0.3 is 5.11 Å². The minimum Gasteiger partial charge on any atom is -0.393 e. The molecule has 1 heterocycles. The highest BCUT2D eigenvalue weighted by molar-refractivity contribution is 7.99. The normalized spacial score (nSPS) is 23.0. The van der Waals surface area contributed by atoms with E-state index >= 15 is 0 Å². The molecule has 12 heavy (non-hydrogen) atoms. The van der Waals surface area contributed by atoms with Gasteiger partial charge in [-0.3, -0.25) is 0 Å². The number of aliphatic hydroxyl groups is 1. The lowest BCUT2D eigenvalue weighted by atomic mass is 9.91. The third-order valence-electron chi connectivity index (χ3n) is 2.69. The highest BCUT2D eigenvalue weighted by atomic mass is 32.2. The van der Waals surface area contributed by atoms with E-state index < -0.39 is 0 Å². The van der Waals surface area contributed by atoms with Crippen LogP contribution >= 0.6 is 11.8 Å². The van der Waals surface area contributed by atoms with Gasteiger partial charge in [-0.2, -0.15) is 11.8 Å². The molecule has 2 heteroatoms. The molecule has 72 valence electrons. The van der Waals surface area contributed by atoms with E-state index in [2.05, 4.69) is 25.6 Å². The molecule has 1 unspecified atom stereocenters. The Kier molecular flexibility index (Phi) is 4.44. The van der Waals surface area contributed by atoms with E-state index in [1.54, 1.807) is 0 Å². The SMILES string of the molecule is CC(C)C(O)CC1CCSCC1. The molecular formula is C10H20OS. The zero-order valence-electron chi connectivity index (χ0n) is 8.12. The number of thioether (sulfide) groups is 1. The molecule has 1 atom stereocenters. The van der Waals surface area contributed by atoms with E-state index in [-0.39, 0.29) is 6.10 Å². The van der Waals surface area contributed by atoms with Gasteiger partial charge in [0.25, 0.3) is 0 Å². The first-order valence-electron chi connectivity index (χ1n) is 4.96. The monoisotopic (exact) mass is 188 g/mol. The average molecular weight is 188 g/mol. The van der Waals surface area contributed by atoms with Gasteiger partial charge in [-0.25, -0.2) is 0 Å². The molecule has 0 spiro atoms. The summed E-state index contributed by atoms with van der Waals surface area (Å²) in [6.45, 7) is 4.20. The van der Waals surface area contributed by atoms with Crippen LogP contribution in [0.15, 0.2) is 0 Å². The molecule has 1 rings (SSSR count). The standard InChI is InChI=1S/C10H20OS/c1-8(2)10(11)7-9-3-5-12-6-4-9/h8-11H,3-7H2,1-2H3. The zero-order valence-corrected chi connectivity index (χ0v) is 8.94. The lowest BCUT2D eigenvalue weighted by molar-refractivity contribution is 0.0952. The molecule has 0 bridgehead atoms. The van der Waals surface area contributed by atoms with Crippen molar-refractivity contribution in [1.29, 1.82) is 0 Å². The molecule has 1 aliphatic rings. The van der Waals surface area contributed by atoms with Gasteiger partial charge in [0.2, 0.25) is 0 Å². The summed E-state index contributed by atoms with van der Waals surface area (Å²) in [7, 11) is 0. The molecule has 1 saturated heterocycles. The van der Waals surface area contributed by atoms with Crippen molar-refractivity contribution in [2.75, 3.05) is 11.5 Å². The van der Waals surface area contributed by atoms with E-state index in [0.29, 0.717) is 5.92 Å². The summed E-state index contributed by atoms with van der Waals surface area (Å²) in [5, 5.41) is 9.67. The second kappa shape index (κ2) is 5.13. The van der Waals surface area contributed by atoms with Crippen molar-refractivity contribution in [3.05, 3.63) is 0 Å². The van der Waals surface area contributed by atoms with Gasteiger partial charge in [0.1, 0.15) is 0 Å². The van der Waals surface area contributed by atoms with Gasteiger partial charge in [-0.1, -0.05) is 13.8 Å². The Hall–Kier alpha value is 0.310. The molecule has 0 radical (unpaired) electrons. The van der Waals surface area contributed by atoms with Gasteiger partial charge >= 0.3 is 0 Å². The smallest absolute Gasteiger partial charge is 0.0565 e. The van der Waals surface area contributed by atoms with Crippen LogP contribution < -0.4 is 0 Å². The molecule has 0 aromatic rings. The van der Waals surface area contributed by atoms with Crippen molar-refractivity contribution in [3.8, 4) is 0 Å². The Bertz CT molecular complexity index is 119. The third-order valence-corrected chi connectivity index (χ3v) is 3.73. The van der Waals surface area contributed by atoms with Gasteiger partial charge in [-0.15, -0.1) is 0 Å². The Balaban J connectivity index is 2.20. The first-order valence-corrected chi connectivity index (χ1v) is 6.11. The van der Waals surface area contributed by atoms with Gasteiger partial charge in [-0.05, 0) is 42.6 Å². The largest absolute Gasteiger partial charge is 0.393 e. The minimum atomic E-state index is -0.0712. The molecule has 1 nitrogen and oxygen atoms in total. The van der Waals surface area contributed by atoms with E-state index in [1.165, 1.54) is 24.3 Å².